The maximum absolute atomic E-state index is 12.7. The summed E-state index contributed by atoms with van der Waals surface area (Å²) < 4.78 is 27.6. The highest BCUT2D eigenvalue weighted by molar-refractivity contribution is 7.92. The zero-order chi connectivity index (χ0) is 21.0. The molecule has 0 unspecified atom stereocenters. The molecular weight excluding hydrogens is 412 g/mol. The van der Waals surface area contributed by atoms with Gasteiger partial charge in [0.05, 0.1) is 18.3 Å². The molecule has 0 bridgehead atoms. The van der Waals surface area contributed by atoms with Gasteiger partial charge < -0.3 is 9.88 Å². The molecule has 0 aliphatic carbocycles. The van der Waals surface area contributed by atoms with Crippen molar-refractivity contribution >= 4 is 33.2 Å². The zero-order valence-electron chi connectivity index (χ0n) is 16.0. The van der Waals surface area contributed by atoms with Crippen LogP contribution in [0.2, 0.25) is 5.02 Å². The second kappa shape index (κ2) is 8.67. The highest BCUT2D eigenvalue weighted by Gasteiger charge is 2.29. The van der Waals surface area contributed by atoms with Crippen molar-refractivity contribution in [2.24, 2.45) is 0 Å². The molecule has 7 nitrogen and oxygen atoms in total. The fourth-order valence-electron chi connectivity index (χ4n) is 2.96. The number of carbonyl (C=O) groups is 1. The molecule has 0 spiro atoms. The summed E-state index contributed by atoms with van der Waals surface area (Å²) in [7, 11) is -3.69. The van der Waals surface area contributed by atoms with Crippen LogP contribution in [0.15, 0.2) is 67.3 Å². The number of benzene rings is 2. The molecule has 0 aliphatic heterocycles. The molecule has 1 aromatic heterocycles. The van der Waals surface area contributed by atoms with Crippen molar-refractivity contribution in [3.05, 3.63) is 77.8 Å². The van der Waals surface area contributed by atoms with Crippen LogP contribution in [0.4, 0.5) is 5.69 Å². The van der Waals surface area contributed by atoms with Crippen molar-refractivity contribution in [3.63, 3.8) is 0 Å². The lowest BCUT2D eigenvalue weighted by molar-refractivity contribution is -0.122. The van der Waals surface area contributed by atoms with Gasteiger partial charge in [0.15, 0.2) is 0 Å². The average molecular weight is 433 g/mol. The molecule has 29 heavy (non-hydrogen) atoms. The summed E-state index contributed by atoms with van der Waals surface area (Å²) in [5.41, 5.74) is 2.19. The molecule has 0 fully saturated rings. The fourth-order valence-corrected chi connectivity index (χ4v) is 4.31. The Bertz CT molecular complexity index is 1080. The summed E-state index contributed by atoms with van der Waals surface area (Å²) in [6.07, 6.45) is 6.30. The third kappa shape index (κ3) is 5.16. The van der Waals surface area contributed by atoms with E-state index in [0.29, 0.717) is 10.7 Å². The number of aromatic nitrogens is 2. The van der Waals surface area contributed by atoms with E-state index < -0.39 is 22.0 Å². The summed E-state index contributed by atoms with van der Waals surface area (Å²) in [4.78, 5) is 16.7. The number of sulfonamides is 1. The van der Waals surface area contributed by atoms with Crippen molar-refractivity contribution in [2.45, 2.75) is 19.5 Å². The van der Waals surface area contributed by atoms with Crippen molar-refractivity contribution in [3.8, 4) is 5.69 Å². The average Bonchev–Trinajstić information content (AvgIpc) is 3.20. The molecule has 1 amide bonds. The Morgan fingerprint density at radius 3 is 2.55 bits per heavy atom. The molecular formula is C20H21ClN4O3S. The minimum absolute atomic E-state index is 0.278. The topological polar surface area (TPSA) is 84.3 Å². The van der Waals surface area contributed by atoms with E-state index in [0.717, 1.165) is 21.8 Å². The molecule has 1 atom stereocenters. The van der Waals surface area contributed by atoms with Gasteiger partial charge in [0, 0.05) is 29.6 Å². The molecule has 1 heterocycles. The van der Waals surface area contributed by atoms with Crippen LogP contribution in [0.1, 0.15) is 12.5 Å². The lowest BCUT2D eigenvalue weighted by Crippen LogP contribution is -2.47. The van der Waals surface area contributed by atoms with Crippen LogP contribution in [0.25, 0.3) is 5.69 Å². The van der Waals surface area contributed by atoms with Gasteiger partial charge in [0.25, 0.3) is 0 Å². The molecule has 0 saturated heterocycles. The Labute approximate surface area is 175 Å². The van der Waals surface area contributed by atoms with Gasteiger partial charge in [0.1, 0.15) is 6.04 Å². The Balaban J connectivity index is 1.70. The lowest BCUT2D eigenvalue weighted by atomic mass is 10.2. The number of rotatable bonds is 7. The molecule has 152 valence electrons. The van der Waals surface area contributed by atoms with E-state index in [1.54, 1.807) is 37.6 Å². The summed E-state index contributed by atoms with van der Waals surface area (Å²) in [5.74, 6) is -0.408. The van der Waals surface area contributed by atoms with Crippen LogP contribution in [-0.4, -0.2) is 36.2 Å². The molecule has 0 saturated carbocycles. The van der Waals surface area contributed by atoms with E-state index in [4.69, 9.17) is 11.6 Å². The monoisotopic (exact) mass is 432 g/mol. The minimum Gasteiger partial charge on any atom is -0.350 e. The summed E-state index contributed by atoms with van der Waals surface area (Å²) in [6.45, 7) is 1.82. The Morgan fingerprint density at radius 1 is 1.24 bits per heavy atom. The highest BCUT2D eigenvalue weighted by Crippen LogP contribution is 2.24. The normalized spacial score (nSPS) is 12.4. The number of anilines is 1. The standard InChI is InChI=1S/C20H21ClN4O3S/c1-15(25(29(2,27)28)19-5-3-4-17(21)12-19)20(26)23-13-16-6-8-18(9-7-16)24-11-10-22-14-24/h3-12,14-15H,13H2,1-2H3,(H,23,26)/t15-/m1/s1. The Kier molecular flexibility index (Phi) is 6.24. The van der Waals surface area contributed by atoms with Crippen molar-refractivity contribution < 1.29 is 13.2 Å². The van der Waals surface area contributed by atoms with Crippen LogP contribution < -0.4 is 9.62 Å². The molecule has 3 aromatic rings. The van der Waals surface area contributed by atoms with E-state index in [1.165, 1.54) is 6.07 Å². The summed E-state index contributed by atoms with van der Waals surface area (Å²) >= 11 is 5.99. The molecule has 0 radical (unpaired) electrons. The van der Waals surface area contributed by atoms with E-state index in [1.807, 2.05) is 35.0 Å². The highest BCUT2D eigenvalue weighted by atomic mass is 35.5. The second-order valence-corrected chi connectivity index (χ2v) is 8.86. The van der Waals surface area contributed by atoms with Crippen molar-refractivity contribution in [1.82, 2.24) is 14.9 Å². The van der Waals surface area contributed by atoms with Gasteiger partial charge in [-0.15, -0.1) is 0 Å². The Hall–Kier alpha value is -2.84. The number of carbonyl (C=O) groups excluding carboxylic acids is 1. The molecule has 2 aromatic carbocycles. The van der Waals surface area contributed by atoms with E-state index >= 15 is 0 Å². The van der Waals surface area contributed by atoms with E-state index in [2.05, 4.69) is 10.3 Å². The largest absolute Gasteiger partial charge is 0.350 e. The van der Waals surface area contributed by atoms with Gasteiger partial charge in [-0.05, 0) is 42.8 Å². The number of hydrogen-bond donors (Lipinski definition) is 1. The van der Waals surface area contributed by atoms with Crippen LogP contribution in [-0.2, 0) is 21.4 Å². The molecule has 9 heteroatoms. The maximum Gasteiger partial charge on any atom is 0.243 e. The Morgan fingerprint density at radius 2 is 1.97 bits per heavy atom. The predicted octanol–water partition coefficient (Wildman–Crippen LogP) is 3.00. The zero-order valence-corrected chi connectivity index (χ0v) is 17.6. The number of imidazole rings is 1. The number of amides is 1. The fraction of sp³-hybridized carbons (Fsp3) is 0.200. The van der Waals surface area contributed by atoms with Gasteiger partial charge in [-0.2, -0.15) is 0 Å². The van der Waals surface area contributed by atoms with Crippen molar-refractivity contribution in [1.29, 1.82) is 0 Å². The number of nitrogens with zero attached hydrogens (tertiary/aromatic N) is 3. The van der Waals surface area contributed by atoms with Gasteiger partial charge in [-0.3, -0.25) is 9.10 Å². The predicted molar refractivity (Wildman–Crippen MR) is 114 cm³/mol. The smallest absolute Gasteiger partial charge is 0.243 e. The number of nitrogens with one attached hydrogen (secondary N) is 1. The third-order valence-corrected chi connectivity index (χ3v) is 5.83. The van der Waals surface area contributed by atoms with Gasteiger partial charge in [-0.1, -0.05) is 29.8 Å². The third-order valence-electron chi connectivity index (χ3n) is 4.36. The number of hydrogen-bond acceptors (Lipinski definition) is 4. The summed E-state index contributed by atoms with van der Waals surface area (Å²) in [6, 6.07) is 13.1. The molecule has 0 aliphatic rings. The SMILES string of the molecule is C[C@H](C(=O)NCc1ccc(-n2ccnc2)cc1)N(c1cccc(Cl)c1)S(C)(=O)=O. The maximum atomic E-state index is 12.7. The first-order valence-corrected chi connectivity index (χ1v) is 11.1. The van der Waals surface area contributed by atoms with Crippen LogP contribution in [0.5, 0.6) is 0 Å². The first kappa shape index (κ1) is 20.9. The van der Waals surface area contributed by atoms with Crippen LogP contribution >= 0.6 is 11.6 Å². The molecule has 1 N–H and O–H groups in total. The lowest BCUT2D eigenvalue weighted by Gasteiger charge is -2.28. The van der Waals surface area contributed by atoms with E-state index in [-0.39, 0.29) is 6.54 Å². The number of halogens is 1. The van der Waals surface area contributed by atoms with Crippen molar-refractivity contribution in [2.75, 3.05) is 10.6 Å². The second-order valence-electron chi connectivity index (χ2n) is 6.57. The minimum atomic E-state index is -3.69. The summed E-state index contributed by atoms with van der Waals surface area (Å²) in [5, 5.41) is 3.18. The van der Waals surface area contributed by atoms with Crippen LogP contribution in [0, 0.1) is 0 Å². The van der Waals surface area contributed by atoms with E-state index in [9.17, 15) is 13.2 Å². The van der Waals surface area contributed by atoms with Gasteiger partial charge in [-0.25, -0.2) is 13.4 Å². The van der Waals surface area contributed by atoms with Gasteiger partial charge in [0.2, 0.25) is 15.9 Å². The van der Waals surface area contributed by atoms with Gasteiger partial charge >= 0.3 is 0 Å². The van der Waals surface area contributed by atoms with Crippen LogP contribution in [0.3, 0.4) is 0 Å². The molecule has 3 rings (SSSR count). The quantitative estimate of drug-likeness (QED) is 0.622. The first-order chi connectivity index (χ1) is 13.8. The first-order valence-electron chi connectivity index (χ1n) is 8.85.